The third-order valence-corrected chi connectivity index (χ3v) is 3.50. The molecule has 1 N–H and O–H groups in total. The maximum absolute atomic E-state index is 4.34. The van der Waals surface area contributed by atoms with Crippen molar-refractivity contribution in [3.8, 4) is 0 Å². The van der Waals surface area contributed by atoms with E-state index in [9.17, 15) is 0 Å². The molecule has 4 heteroatoms. The van der Waals surface area contributed by atoms with Crippen molar-refractivity contribution in [2.75, 3.05) is 31.6 Å². The van der Waals surface area contributed by atoms with E-state index in [4.69, 9.17) is 0 Å². The second kappa shape index (κ2) is 5.22. The Morgan fingerprint density at radius 1 is 1.33 bits per heavy atom. The molecule has 1 aromatic heterocycles. The number of aromatic nitrogens is 2. The van der Waals surface area contributed by atoms with Crippen molar-refractivity contribution in [1.29, 1.82) is 0 Å². The minimum atomic E-state index is 0.0689. The van der Waals surface area contributed by atoms with Gasteiger partial charge < -0.3 is 10.2 Å². The first-order valence-corrected chi connectivity index (χ1v) is 6.73. The molecule has 1 unspecified atom stereocenters. The van der Waals surface area contributed by atoms with Gasteiger partial charge in [0.2, 0.25) is 0 Å². The van der Waals surface area contributed by atoms with Gasteiger partial charge in [-0.05, 0) is 37.6 Å². The molecule has 2 heterocycles. The fourth-order valence-corrected chi connectivity index (χ4v) is 2.28. The van der Waals surface area contributed by atoms with E-state index in [1.165, 1.54) is 6.42 Å². The van der Waals surface area contributed by atoms with E-state index < -0.39 is 0 Å². The van der Waals surface area contributed by atoms with Crippen LogP contribution in [0.25, 0.3) is 0 Å². The smallest absolute Gasteiger partial charge is 0.150 e. The lowest BCUT2D eigenvalue weighted by Gasteiger charge is -2.22. The Kier molecular flexibility index (Phi) is 3.85. The molecule has 1 aliphatic heterocycles. The maximum atomic E-state index is 4.34. The molecule has 0 radical (unpaired) electrons. The van der Waals surface area contributed by atoms with Crippen LogP contribution in [0.3, 0.4) is 0 Å². The number of hydrogen-bond acceptors (Lipinski definition) is 4. The Hall–Kier alpha value is -1.16. The van der Waals surface area contributed by atoms with E-state index in [0.717, 1.165) is 37.1 Å². The Morgan fingerprint density at radius 2 is 2.11 bits per heavy atom. The summed E-state index contributed by atoms with van der Waals surface area (Å²) < 4.78 is 0. The summed E-state index contributed by atoms with van der Waals surface area (Å²) in [7, 11) is 2.10. The van der Waals surface area contributed by atoms with Crippen molar-refractivity contribution in [2.45, 2.75) is 32.6 Å². The Morgan fingerprint density at radius 3 is 2.61 bits per heavy atom. The van der Waals surface area contributed by atoms with Gasteiger partial charge >= 0.3 is 0 Å². The first-order chi connectivity index (χ1) is 8.47. The summed E-state index contributed by atoms with van der Waals surface area (Å²) >= 11 is 0. The minimum Gasteiger partial charge on any atom is -0.358 e. The van der Waals surface area contributed by atoms with Gasteiger partial charge in [0.05, 0.1) is 5.69 Å². The zero-order chi connectivity index (χ0) is 13.2. The molecule has 0 aromatic carbocycles. The van der Waals surface area contributed by atoms with E-state index >= 15 is 0 Å². The third-order valence-electron chi connectivity index (χ3n) is 3.50. The van der Waals surface area contributed by atoms with Crippen LogP contribution in [0, 0.1) is 5.92 Å². The van der Waals surface area contributed by atoms with Gasteiger partial charge in [-0.2, -0.15) is 5.10 Å². The van der Waals surface area contributed by atoms with Crippen LogP contribution < -0.4 is 10.2 Å². The van der Waals surface area contributed by atoms with Crippen LogP contribution in [0.5, 0.6) is 0 Å². The van der Waals surface area contributed by atoms with E-state index in [-0.39, 0.29) is 5.41 Å². The van der Waals surface area contributed by atoms with Crippen molar-refractivity contribution in [2.24, 2.45) is 5.92 Å². The molecule has 0 saturated carbocycles. The number of rotatable bonds is 3. The zero-order valence-electron chi connectivity index (χ0n) is 11.9. The lowest BCUT2D eigenvalue weighted by Crippen LogP contribution is -2.28. The van der Waals surface area contributed by atoms with Gasteiger partial charge in [0, 0.05) is 19.0 Å². The maximum Gasteiger partial charge on any atom is 0.150 e. The van der Waals surface area contributed by atoms with E-state index in [1.54, 1.807) is 0 Å². The molecule has 18 heavy (non-hydrogen) atoms. The average Bonchev–Trinajstić information content (AvgIpc) is 2.81. The molecule has 4 nitrogen and oxygen atoms in total. The van der Waals surface area contributed by atoms with Crippen LogP contribution in [0.4, 0.5) is 5.82 Å². The minimum absolute atomic E-state index is 0.0689. The molecular weight excluding hydrogens is 224 g/mol. The van der Waals surface area contributed by atoms with E-state index in [2.05, 4.69) is 60.4 Å². The lowest BCUT2D eigenvalue weighted by atomic mass is 9.92. The number of nitrogens with zero attached hydrogens (tertiary/aromatic N) is 3. The zero-order valence-corrected chi connectivity index (χ0v) is 11.9. The number of hydrogen-bond donors (Lipinski definition) is 1. The van der Waals surface area contributed by atoms with Crippen molar-refractivity contribution in [1.82, 2.24) is 15.5 Å². The van der Waals surface area contributed by atoms with Gasteiger partial charge in [0.25, 0.3) is 0 Å². The van der Waals surface area contributed by atoms with Gasteiger partial charge in [0.15, 0.2) is 5.82 Å². The molecule has 0 bridgehead atoms. The van der Waals surface area contributed by atoms with Gasteiger partial charge in [-0.1, -0.05) is 20.8 Å². The van der Waals surface area contributed by atoms with Gasteiger partial charge in [0.1, 0.15) is 0 Å². The number of nitrogens with one attached hydrogen (secondary N) is 1. The molecule has 1 atom stereocenters. The second-order valence-electron chi connectivity index (χ2n) is 6.27. The Labute approximate surface area is 110 Å². The molecule has 1 saturated heterocycles. The van der Waals surface area contributed by atoms with Crippen molar-refractivity contribution >= 4 is 5.82 Å². The average molecular weight is 248 g/mol. The van der Waals surface area contributed by atoms with Gasteiger partial charge in [-0.15, -0.1) is 5.10 Å². The van der Waals surface area contributed by atoms with Crippen LogP contribution in [0.1, 0.15) is 32.9 Å². The predicted octanol–water partition coefficient (Wildman–Crippen LogP) is 1.82. The molecule has 0 spiro atoms. The van der Waals surface area contributed by atoms with Gasteiger partial charge in [-0.25, -0.2) is 0 Å². The highest BCUT2D eigenvalue weighted by Gasteiger charge is 2.19. The first-order valence-electron chi connectivity index (χ1n) is 6.73. The van der Waals surface area contributed by atoms with Gasteiger partial charge in [-0.3, -0.25) is 0 Å². The highest BCUT2D eigenvalue weighted by atomic mass is 15.2. The second-order valence-corrected chi connectivity index (χ2v) is 6.27. The largest absolute Gasteiger partial charge is 0.358 e. The first kappa shape index (κ1) is 13.3. The Bertz CT molecular complexity index is 374. The Balaban J connectivity index is 2.00. The molecule has 1 fully saturated rings. The molecular formula is C14H24N4. The fourth-order valence-electron chi connectivity index (χ4n) is 2.28. The van der Waals surface area contributed by atoms with Crippen LogP contribution in [-0.2, 0) is 5.41 Å². The highest BCUT2D eigenvalue weighted by molar-refractivity contribution is 5.37. The highest BCUT2D eigenvalue weighted by Crippen LogP contribution is 2.21. The topological polar surface area (TPSA) is 41.0 Å². The predicted molar refractivity (Wildman–Crippen MR) is 75.0 cm³/mol. The SMILES string of the molecule is CN(CC1CCNC1)c1ccc(C(C)(C)C)nn1. The quantitative estimate of drug-likeness (QED) is 0.886. The third kappa shape index (κ3) is 3.19. The van der Waals surface area contributed by atoms with Crippen LogP contribution in [0.15, 0.2) is 12.1 Å². The van der Waals surface area contributed by atoms with E-state index in [1.807, 2.05) is 0 Å². The van der Waals surface area contributed by atoms with Crippen molar-refractivity contribution in [3.63, 3.8) is 0 Å². The van der Waals surface area contributed by atoms with Crippen molar-refractivity contribution < 1.29 is 0 Å². The molecule has 0 amide bonds. The summed E-state index contributed by atoms with van der Waals surface area (Å²) in [4.78, 5) is 2.21. The summed E-state index contributed by atoms with van der Waals surface area (Å²) in [5.41, 5.74) is 1.11. The lowest BCUT2D eigenvalue weighted by molar-refractivity contribution is 0.552. The van der Waals surface area contributed by atoms with Crippen LogP contribution >= 0.6 is 0 Å². The van der Waals surface area contributed by atoms with Crippen molar-refractivity contribution in [3.05, 3.63) is 17.8 Å². The normalized spacial score (nSPS) is 20.1. The monoisotopic (exact) mass is 248 g/mol. The molecule has 2 rings (SSSR count). The fraction of sp³-hybridized carbons (Fsp3) is 0.714. The standard InChI is InChI=1S/C14H24N4/c1-14(2,3)12-5-6-13(17-16-12)18(4)10-11-7-8-15-9-11/h5-6,11,15H,7-10H2,1-4H3. The summed E-state index contributed by atoms with van der Waals surface area (Å²) in [5.74, 6) is 1.70. The number of anilines is 1. The molecule has 1 aromatic rings. The summed E-state index contributed by atoms with van der Waals surface area (Å²) in [5, 5.41) is 12.1. The van der Waals surface area contributed by atoms with E-state index in [0.29, 0.717) is 0 Å². The molecule has 0 aliphatic carbocycles. The summed E-state index contributed by atoms with van der Waals surface area (Å²) in [6, 6.07) is 4.17. The van der Waals surface area contributed by atoms with Crippen LogP contribution in [0.2, 0.25) is 0 Å². The van der Waals surface area contributed by atoms with Crippen LogP contribution in [-0.4, -0.2) is 36.9 Å². The molecule has 1 aliphatic rings. The summed E-state index contributed by atoms with van der Waals surface area (Å²) in [6.45, 7) is 9.79. The molecule has 100 valence electrons. The summed E-state index contributed by atoms with van der Waals surface area (Å²) in [6.07, 6.45) is 1.26.